The maximum Gasteiger partial charge on any atom is 0.146 e. The van der Waals surface area contributed by atoms with Crippen molar-refractivity contribution in [3.8, 4) is 0 Å². The van der Waals surface area contributed by atoms with E-state index in [0.29, 0.717) is 6.42 Å². The molecule has 0 amide bonds. The van der Waals surface area contributed by atoms with Crippen LogP contribution < -0.4 is 5.32 Å². The Labute approximate surface area is 153 Å². The molecule has 0 bridgehead atoms. The van der Waals surface area contributed by atoms with Gasteiger partial charge in [0.15, 0.2) is 0 Å². The minimum Gasteiger partial charge on any atom is -0.396 e. The van der Waals surface area contributed by atoms with Gasteiger partial charge in [-0.2, -0.15) is 0 Å². The lowest BCUT2D eigenvalue weighted by molar-refractivity contribution is 0.0331. The highest BCUT2D eigenvalue weighted by Gasteiger charge is 2.22. The van der Waals surface area contributed by atoms with E-state index in [1.807, 2.05) is 0 Å². The summed E-state index contributed by atoms with van der Waals surface area (Å²) in [5.41, 5.74) is 1.01. The van der Waals surface area contributed by atoms with Gasteiger partial charge < -0.3 is 15.2 Å². The molecule has 0 aromatic carbocycles. The van der Waals surface area contributed by atoms with Gasteiger partial charge in [0.05, 0.1) is 25.1 Å². The van der Waals surface area contributed by atoms with Crippen molar-refractivity contribution in [3.63, 3.8) is 0 Å². The van der Waals surface area contributed by atoms with Crippen molar-refractivity contribution in [1.29, 1.82) is 0 Å². The number of aromatic nitrogens is 2. The molecular formula is C18H28N4O2S. The number of rotatable bonds is 6. The first-order valence-electron chi connectivity index (χ1n) is 8.85. The number of aliphatic hydroxyl groups excluding tert-OH is 1. The quantitative estimate of drug-likeness (QED) is 0.821. The molecule has 1 aliphatic rings. The molecule has 25 heavy (non-hydrogen) atoms. The standard InChI is InChI=1S/C18H28N4O2S/c1-12-13(2)25-17-15(12)16(21-18(3,4)5-8-23)19-14(20-17)11-22-6-9-24-10-7-22/h23H,5-11H2,1-4H3,(H,19,20,21). The molecule has 1 saturated heterocycles. The molecule has 2 aromatic rings. The Morgan fingerprint density at radius 1 is 1.24 bits per heavy atom. The fraction of sp³-hybridized carbons (Fsp3) is 0.667. The fourth-order valence-electron chi connectivity index (χ4n) is 3.08. The lowest BCUT2D eigenvalue weighted by atomic mass is 10.0. The SMILES string of the molecule is Cc1sc2nc(CN3CCOCC3)nc(NC(C)(C)CCO)c2c1C. The predicted molar refractivity (Wildman–Crippen MR) is 102 cm³/mol. The van der Waals surface area contributed by atoms with E-state index >= 15 is 0 Å². The highest BCUT2D eigenvalue weighted by molar-refractivity contribution is 7.18. The van der Waals surface area contributed by atoms with Gasteiger partial charge in [-0.15, -0.1) is 11.3 Å². The highest BCUT2D eigenvalue weighted by Crippen LogP contribution is 2.34. The second-order valence-electron chi connectivity index (χ2n) is 7.32. The normalized spacial score (nSPS) is 16.5. The topological polar surface area (TPSA) is 70.5 Å². The van der Waals surface area contributed by atoms with Crippen LogP contribution in [0.25, 0.3) is 10.2 Å². The van der Waals surface area contributed by atoms with Crippen LogP contribution in [0.2, 0.25) is 0 Å². The minimum absolute atomic E-state index is 0.149. The molecule has 7 heteroatoms. The van der Waals surface area contributed by atoms with E-state index in [1.54, 1.807) is 11.3 Å². The highest BCUT2D eigenvalue weighted by atomic mass is 32.1. The first-order valence-corrected chi connectivity index (χ1v) is 9.67. The van der Waals surface area contributed by atoms with Crippen molar-refractivity contribution < 1.29 is 9.84 Å². The van der Waals surface area contributed by atoms with Gasteiger partial charge in [-0.1, -0.05) is 0 Å². The number of nitrogens with zero attached hydrogens (tertiary/aromatic N) is 3. The van der Waals surface area contributed by atoms with Crippen LogP contribution in [0.3, 0.4) is 0 Å². The van der Waals surface area contributed by atoms with E-state index in [9.17, 15) is 5.11 Å². The first kappa shape index (κ1) is 18.5. The molecule has 0 atom stereocenters. The molecule has 2 aromatic heterocycles. The Bertz CT molecular complexity index is 738. The molecule has 0 unspecified atom stereocenters. The van der Waals surface area contributed by atoms with Gasteiger partial charge in [-0.25, -0.2) is 9.97 Å². The van der Waals surface area contributed by atoms with Crippen LogP contribution in [-0.2, 0) is 11.3 Å². The second kappa shape index (κ2) is 7.53. The third kappa shape index (κ3) is 4.28. The summed E-state index contributed by atoms with van der Waals surface area (Å²) in [5.74, 6) is 1.73. The van der Waals surface area contributed by atoms with E-state index < -0.39 is 0 Å². The Morgan fingerprint density at radius 3 is 2.64 bits per heavy atom. The molecule has 0 radical (unpaired) electrons. The molecule has 3 heterocycles. The van der Waals surface area contributed by atoms with Crippen LogP contribution in [-0.4, -0.2) is 58.4 Å². The summed E-state index contributed by atoms with van der Waals surface area (Å²) in [4.78, 5) is 14.3. The van der Waals surface area contributed by atoms with Crippen LogP contribution >= 0.6 is 11.3 Å². The van der Waals surface area contributed by atoms with Gasteiger partial charge in [-0.05, 0) is 39.7 Å². The number of morpholine rings is 1. The number of hydrogen-bond donors (Lipinski definition) is 2. The molecule has 0 saturated carbocycles. The Kier molecular flexibility index (Phi) is 5.58. The summed E-state index contributed by atoms with van der Waals surface area (Å²) in [6.07, 6.45) is 0.666. The average molecular weight is 365 g/mol. The number of fused-ring (bicyclic) bond motifs is 1. The van der Waals surface area contributed by atoms with Crippen LogP contribution in [0.1, 0.15) is 36.5 Å². The molecule has 0 spiro atoms. The van der Waals surface area contributed by atoms with Crippen molar-refractivity contribution in [2.24, 2.45) is 0 Å². The molecule has 138 valence electrons. The lowest BCUT2D eigenvalue weighted by Gasteiger charge is -2.28. The Hall–Kier alpha value is -1.28. The molecule has 2 N–H and O–H groups in total. The van der Waals surface area contributed by atoms with Gasteiger partial charge >= 0.3 is 0 Å². The Morgan fingerprint density at radius 2 is 1.96 bits per heavy atom. The maximum atomic E-state index is 9.33. The van der Waals surface area contributed by atoms with Crippen LogP contribution in [0.15, 0.2) is 0 Å². The summed E-state index contributed by atoms with van der Waals surface area (Å²) in [6, 6.07) is 0. The Balaban J connectivity index is 1.96. The van der Waals surface area contributed by atoms with E-state index in [1.165, 1.54) is 10.4 Å². The number of aryl methyl sites for hydroxylation is 2. The van der Waals surface area contributed by atoms with Gasteiger partial charge in [0, 0.05) is 30.1 Å². The molecule has 1 fully saturated rings. The summed E-state index contributed by atoms with van der Waals surface area (Å²) >= 11 is 1.72. The number of aliphatic hydroxyl groups is 1. The number of hydrogen-bond acceptors (Lipinski definition) is 7. The zero-order valence-electron chi connectivity index (χ0n) is 15.6. The van der Waals surface area contributed by atoms with Crippen LogP contribution in [0.5, 0.6) is 0 Å². The van der Waals surface area contributed by atoms with E-state index in [0.717, 1.165) is 54.7 Å². The van der Waals surface area contributed by atoms with Crippen molar-refractivity contribution >= 4 is 27.4 Å². The van der Waals surface area contributed by atoms with Crippen molar-refractivity contribution in [2.75, 3.05) is 38.2 Å². The third-order valence-electron chi connectivity index (χ3n) is 4.74. The fourth-order valence-corrected chi connectivity index (χ4v) is 4.12. The summed E-state index contributed by atoms with van der Waals surface area (Å²) in [6.45, 7) is 12.7. The number of nitrogens with one attached hydrogen (secondary N) is 1. The third-order valence-corrected chi connectivity index (χ3v) is 5.84. The largest absolute Gasteiger partial charge is 0.396 e. The first-order chi connectivity index (χ1) is 11.9. The molecule has 1 aliphatic heterocycles. The van der Waals surface area contributed by atoms with Gasteiger partial charge in [0.1, 0.15) is 16.5 Å². The van der Waals surface area contributed by atoms with Crippen molar-refractivity contribution in [2.45, 2.75) is 46.2 Å². The summed E-state index contributed by atoms with van der Waals surface area (Å²) in [7, 11) is 0. The monoisotopic (exact) mass is 364 g/mol. The zero-order valence-corrected chi connectivity index (χ0v) is 16.4. The summed E-state index contributed by atoms with van der Waals surface area (Å²) in [5, 5.41) is 14.0. The molecule has 3 rings (SSSR count). The van der Waals surface area contributed by atoms with Crippen molar-refractivity contribution in [1.82, 2.24) is 14.9 Å². The predicted octanol–water partition coefficient (Wildman–Crippen LogP) is 2.71. The maximum absolute atomic E-state index is 9.33. The van der Waals surface area contributed by atoms with E-state index in [2.05, 4.69) is 37.9 Å². The van der Waals surface area contributed by atoms with E-state index in [4.69, 9.17) is 14.7 Å². The van der Waals surface area contributed by atoms with E-state index in [-0.39, 0.29) is 12.1 Å². The number of thiophene rings is 1. The average Bonchev–Trinajstić information content (AvgIpc) is 2.82. The van der Waals surface area contributed by atoms with Gasteiger partial charge in [0.2, 0.25) is 0 Å². The number of ether oxygens (including phenoxy) is 1. The second-order valence-corrected chi connectivity index (χ2v) is 8.53. The zero-order chi connectivity index (χ0) is 18.0. The van der Waals surface area contributed by atoms with Gasteiger partial charge in [-0.3, -0.25) is 4.90 Å². The van der Waals surface area contributed by atoms with Crippen LogP contribution in [0, 0.1) is 13.8 Å². The van der Waals surface area contributed by atoms with Crippen molar-refractivity contribution in [3.05, 3.63) is 16.3 Å². The smallest absolute Gasteiger partial charge is 0.146 e. The van der Waals surface area contributed by atoms with Crippen LogP contribution in [0.4, 0.5) is 5.82 Å². The lowest BCUT2D eigenvalue weighted by Crippen LogP contribution is -2.36. The molecule has 0 aliphatic carbocycles. The van der Waals surface area contributed by atoms with Gasteiger partial charge in [0.25, 0.3) is 0 Å². The summed E-state index contributed by atoms with van der Waals surface area (Å²) < 4.78 is 5.43. The molecule has 6 nitrogen and oxygen atoms in total. The number of anilines is 1. The molecular weight excluding hydrogens is 336 g/mol. The minimum atomic E-state index is -0.228.